The third kappa shape index (κ3) is 4.75. The number of halogens is 1. The van der Waals surface area contributed by atoms with Crippen LogP contribution >= 0.6 is 0 Å². The summed E-state index contributed by atoms with van der Waals surface area (Å²) in [6.45, 7) is 6.69. The van der Waals surface area contributed by atoms with Crippen LogP contribution in [0, 0.1) is 11.2 Å². The average Bonchev–Trinajstić information content (AvgIpc) is 2.48. The van der Waals surface area contributed by atoms with E-state index >= 15 is 0 Å². The number of ether oxygens (including phenoxy) is 1. The maximum atomic E-state index is 14.1. The van der Waals surface area contributed by atoms with E-state index < -0.39 is 20.7 Å². The Balaban J connectivity index is 2.23. The van der Waals surface area contributed by atoms with E-state index in [9.17, 15) is 17.6 Å². The molecule has 134 valence electrons. The SMILES string of the molecule is CC(C)(C)CC(=O)Nc1ccc(F)c(S(=O)(=O)N2CCOCC2)c1. The summed E-state index contributed by atoms with van der Waals surface area (Å²) in [7, 11) is -3.96. The molecule has 1 N–H and O–H groups in total. The summed E-state index contributed by atoms with van der Waals surface area (Å²) >= 11 is 0. The molecule has 0 saturated carbocycles. The monoisotopic (exact) mass is 358 g/mol. The van der Waals surface area contributed by atoms with Gasteiger partial charge in [0.25, 0.3) is 0 Å². The maximum Gasteiger partial charge on any atom is 0.246 e. The fraction of sp³-hybridized carbons (Fsp3) is 0.562. The second kappa shape index (κ2) is 7.16. The molecule has 0 aromatic heterocycles. The first-order chi connectivity index (χ1) is 11.1. The van der Waals surface area contributed by atoms with Crippen molar-refractivity contribution >= 4 is 21.6 Å². The van der Waals surface area contributed by atoms with Crippen LogP contribution in [0.15, 0.2) is 23.1 Å². The van der Waals surface area contributed by atoms with Crippen molar-refractivity contribution in [2.24, 2.45) is 5.41 Å². The number of sulfonamides is 1. The molecule has 0 unspecified atom stereocenters. The molecule has 1 amide bonds. The minimum absolute atomic E-state index is 0.183. The summed E-state index contributed by atoms with van der Waals surface area (Å²) in [5.41, 5.74) is 0.0600. The van der Waals surface area contributed by atoms with Gasteiger partial charge in [0.15, 0.2) is 0 Å². The van der Waals surface area contributed by atoms with Crippen molar-refractivity contribution in [3.8, 4) is 0 Å². The van der Waals surface area contributed by atoms with Gasteiger partial charge in [-0.25, -0.2) is 12.8 Å². The fourth-order valence-corrected chi connectivity index (χ4v) is 3.89. The van der Waals surface area contributed by atoms with Crippen LogP contribution in [-0.4, -0.2) is 44.9 Å². The van der Waals surface area contributed by atoms with E-state index in [2.05, 4.69) is 5.32 Å². The number of benzene rings is 1. The minimum atomic E-state index is -3.96. The first-order valence-electron chi connectivity index (χ1n) is 7.77. The molecule has 24 heavy (non-hydrogen) atoms. The molecule has 0 aliphatic carbocycles. The minimum Gasteiger partial charge on any atom is -0.379 e. The van der Waals surface area contributed by atoms with E-state index in [0.29, 0.717) is 0 Å². The van der Waals surface area contributed by atoms with E-state index in [1.165, 1.54) is 16.4 Å². The molecule has 1 saturated heterocycles. The Morgan fingerprint density at radius 1 is 1.29 bits per heavy atom. The second-order valence-electron chi connectivity index (χ2n) is 6.95. The van der Waals surface area contributed by atoms with Crippen molar-refractivity contribution in [2.75, 3.05) is 31.6 Å². The number of hydrogen-bond donors (Lipinski definition) is 1. The van der Waals surface area contributed by atoms with Gasteiger partial charge in [0.05, 0.1) is 13.2 Å². The number of amides is 1. The van der Waals surface area contributed by atoms with Crippen molar-refractivity contribution in [3.05, 3.63) is 24.0 Å². The smallest absolute Gasteiger partial charge is 0.246 e. The summed E-state index contributed by atoms with van der Waals surface area (Å²) in [5, 5.41) is 2.63. The van der Waals surface area contributed by atoms with Crippen LogP contribution in [0.25, 0.3) is 0 Å². The quantitative estimate of drug-likeness (QED) is 0.895. The van der Waals surface area contributed by atoms with E-state index in [1.54, 1.807) is 0 Å². The third-order valence-corrected chi connectivity index (χ3v) is 5.41. The van der Waals surface area contributed by atoms with Crippen LogP contribution < -0.4 is 5.32 Å². The van der Waals surface area contributed by atoms with E-state index in [1.807, 2.05) is 20.8 Å². The topological polar surface area (TPSA) is 75.7 Å². The van der Waals surface area contributed by atoms with Crippen molar-refractivity contribution in [1.29, 1.82) is 0 Å². The molecule has 1 aliphatic rings. The summed E-state index contributed by atoms with van der Waals surface area (Å²) in [5.74, 6) is -1.08. The van der Waals surface area contributed by atoms with Gasteiger partial charge < -0.3 is 10.1 Å². The molecule has 2 rings (SSSR count). The van der Waals surface area contributed by atoms with Crippen LogP contribution in [-0.2, 0) is 19.6 Å². The largest absolute Gasteiger partial charge is 0.379 e. The Bertz CT molecular complexity index is 707. The zero-order valence-electron chi connectivity index (χ0n) is 14.1. The fourth-order valence-electron chi connectivity index (χ4n) is 2.39. The second-order valence-corrected chi connectivity index (χ2v) is 8.85. The number of morpholine rings is 1. The molecule has 8 heteroatoms. The van der Waals surface area contributed by atoms with E-state index in [-0.39, 0.29) is 49.7 Å². The Morgan fingerprint density at radius 3 is 2.50 bits per heavy atom. The predicted octanol–water partition coefficient (Wildman–Crippen LogP) is 2.22. The van der Waals surface area contributed by atoms with Crippen LogP contribution in [0.5, 0.6) is 0 Å². The van der Waals surface area contributed by atoms with Gasteiger partial charge in [-0.3, -0.25) is 4.79 Å². The third-order valence-electron chi connectivity index (χ3n) is 3.49. The first kappa shape index (κ1) is 18.8. The van der Waals surface area contributed by atoms with Gasteiger partial charge in [0, 0.05) is 25.2 Å². The molecule has 0 radical (unpaired) electrons. The van der Waals surface area contributed by atoms with Gasteiger partial charge >= 0.3 is 0 Å². The summed E-state index contributed by atoms with van der Waals surface area (Å²) in [6, 6.07) is 3.58. The van der Waals surface area contributed by atoms with Gasteiger partial charge in [-0.1, -0.05) is 20.8 Å². The van der Waals surface area contributed by atoms with Gasteiger partial charge in [-0.15, -0.1) is 0 Å². The number of rotatable bonds is 4. The molecule has 0 spiro atoms. The molecule has 1 aromatic rings. The zero-order chi connectivity index (χ0) is 18.0. The molecule has 1 heterocycles. The Kier molecular flexibility index (Phi) is 5.62. The van der Waals surface area contributed by atoms with Gasteiger partial charge in [0.2, 0.25) is 15.9 Å². The number of nitrogens with zero attached hydrogens (tertiary/aromatic N) is 1. The zero-order valence-corrected chi connectivity index (χ0v) is 15.0. The lowest BCUT2D eigenvalue weighted by Gasteiger charge is -2.26. The summed E-state index contributed by atoms with van der Waals surface area (Å²) < 4.78 is 45.6. The number of carbonyl (C=O) groups is 1. The standard InChI is InChI=1S/C16H23FN2O4S/c1-16(2,3)11-15(20)18-12-4-5-13(17)14(10-12)24(21,22)19-6-8-23-9-7-19/h4-5,10H,6-9,11H2,1-3H3,(H,18,20). The highest BCUT2D eigenvalue weighted by atomic mass is 32.2. The maximum absolute atomic E-state index is 14.1. The van der Waals surface area contributed by atoms with Crippen LogP contribution in [0.2, 0.25) is 0 Å². The first-order valence-corrected chi connectivity index (χ1v) is 9.21. The Morgan fingerprint density at radius 2 is 1.92 bits per heavy atom. The molecule has 0 atom stereocenters. The highest BCUT2D eigenvalue weighted by molar-refractivity contribution is 7.89. The number of hydrogen-bond acceptors (Lipinski definition) is 4. The molecule has 1 aromatic carbocycles. The normalized spacial score (nSPS) is 16.8. The van der Waals surface area contributed by atoms with Crippen molar-refractivity contribution in [3.63, 3.8) is 0 Å². The number of anilines is 1. The van der Waals surface area contributed by atoms with Crippen molar-refractivity contribution in [2.45, 2.75) is 32.1 Å². The van der Waals surface area contributed by atoms with Crippen LogP contribution in [0.4, 0.5) is 10.1 Å². The lowest BCUT2D eigenvalue weighted by Crippen LogP contribution is -2.40. The van der Waals surface area contributed by atoms with Crippen molar-refractivity contribution in [1.82, 2.24) is 4.31 Å². The lowest BCUT2D eigenvalue weighted by molar-refractivity contribution is -0.117. The Labute approximate surface area is 142 Å². The summed E-state index contributed by atoms with van der Waals surface area (Å²) in [6.07, 6.45) is 0.274. The highest BCUT2D eigenvalue weighted by Crippen LogP contribution is 2.25. The predicted molar refractivity (Wildman–Crippen MR) is 88.7 cm³/mol. The van der Waals surface area contributed by atoms with Crippen molar-refractivity contribution < 1.29 is 22.3 Å². The molecule has 1 aliphatic heterocycles. The lowest BCUT2D eigenvalue weighted by atomic mass is 9.92. The van der Waals surface area contributed by atoms with Gasteiger partial charge in [0.1, 0.15) is 10.7 Å². The van der Waals surface area contributed by atoms with Crippen LogP contribution in [0.3, 0.4) is 0 Å². The summed E-state index contributed by atoms with van der Waals surface area (Å²) in [4.78, 5) is 11.6. The average molecular weight is 358 g/mol. The van der Waals surface area contributed by atoms with Gasteiger partial charge in [-0.05, 0) is 23.6 Å². The molecule has 1 fully saturated rings. The molecule has 6 nitrogen and oxygen atoms in total. The number of nitrogens with one attached hydrogen (secondary N) is 1. The van der Waals surface area contributed by atoms with E-state index in [0.717, 1.165) is 6.07 Å². The van der Waals surface area contributed by atoms with Crippen LogP contribution in [0.1, 0.15) is 27.2 Å². The number of carbonyl (C=O) groups excluding carboxylic acids is 1. The van der Waals surface area contributed by atoms with Gasteiger partial charge in [-0.2, -0.15) is 4.31 Å². The van der Waals surface area contributed by atoms with E-state index in [4.69, 9.17) is 4.74 Å². The highest BCUT2D eigenvalue weighted by Gasteiger charge is 2.29. The molecular weight excluding hydrogens is 335 g/mol. The molecule has 0 bridgehead atoms. The Hall–Kier alpha value is -1.51. The molecular formula is C16H23FN2O4S.